The van der Waals surface area contributed by atoms with E-state index in [4.69, 9.17) is 19.5 Å². The van der Waals surface area contributed by atoms with Gasteiger partial charge in [-0.3, -0.25) is 19.6 Å². The number of carbonyl (C=O) groups is 2. The Bertz CT molecular complexity index is 2110. The molecule has 5 aliphatic rings. The van der Waals surface area contributed by atoms with Gasteiger partial charge in [0, 0.05) is 74.0 Å². The van der Waals surface area contributed by atoms with Gasteiger partial charge in [0.05, 0.1) is 24.4 Å². The van der Waals surface area contributed by atoms with Crippen LogP contribution in [0, 0.1) is 35.5 Å². The zero-order chi connectivity index (χ0) is 38.7. The third-order valence-corrected chi connectivity index (χ3v) is 13.6. The van der Waals surface area contributed by atoms with Crippen molar-refractivity contribution in [1.29, 1.82) is 0 Å². The number of carbonyl (C=O) groups excluding carboxylic acids is 2. The zero-order valence-electron chi connectivity index (χ0n) is 34.0. The molecule has 5 heterocycles. The lowest BCUT2D eigenvalue weighted by atomic mass is 9.89. The minimum Gasteiger partial charge on any atom is -0.488 e. The number of ether oxygens (including phenoxy) is 2. The highest BCUT2D eigenvalue weighted by atomic mass is 16.5. The van der Waals surface area contributed by atoms with Crippen molar-refractivity contribution in [2.45, 2.75) is 99.3 Å². The highest BCUT2D eigenvalue weighted by molar-refractivity contribution is 6.07. The quantitative estimate of drug-likeness (QED) is 0.207. The highest BCUT2D eigenvalue weighted by Gasteiger charge is 2.42. The molecule has 8 heteroatoms. The molecule has 8 rings (SSSR count). The van der Waals surface area contributed by atoms with Gasteiger partial charge in [-0.2, -0.15) is 0 Å². The first-order valence-electron chi connectivity index (χ1n) is 20.7. The minimum atomic E-state index is -0.0377. The molecule has 0 unspecified atom stereocenters. The number of nitrogens with zero attached hydrogens (tertiary/aromatic N) is 4. The molecule has 2 fully saturated rings. The molecule has 5 aliphatic heterocycles. The van der Waals surface area contributed by atoms with E-state index in [0.717, 1.165) is 73.6 Å². The molecule has 55 heavy (non-hydrogen) atoms. The maximum Gasteiger partial charge on any atom is 0.226 e. The molecule has 0 N–H and O–H groups in total. The van der Waals surface area contributed by atoms with Crippen LogP contribution in [-0.4, -0.2) is 71.9 Å². The Kier molecular flexibility index (Phi) is 10.2. The molecule has 0 bridgehead atoms. The largest absolute Gasteiger partial charge is 0.488 e. The molecule has 8 nitrogen and oxygen atoms in total. The summed E-state index contributed by atoms with van der Waals surface area (Å²) in [6, 6.07) is 15.6. The van der Waals surface area contributed by atoms with Crippen molar-refractivity contribution in [3.63, 3.8) is 0 Å². The van der Waals surface area contributed by atoms with Crippen LogP contribution in [0.4, 0.5) is 5.69 Å². The van der Waals surface area contributed by atoms with Crippen molar-refractivity contribution in [1.82, 2.24) is 9.80 Å². The van der Waals surface area contributed by atoms with E-state index in [2.05, 4.69) is 101 Å². The predicted molar refractivity (Wildman–Crippen MR) is 222 cm³/mol. The Labute approximate surface area is 327 Å². The summed E-state index contributed by atoms with van der Waals surface area (Å²) in [6.45, 7) is 17.6. The van der Waals surface area contributed by atoms with Gasteiger partial charge < -0.3 is 19.3 Å². The van der Waals surface area contributed by atoms with Crippen LogP contribution in [0.2, 0.25) is 0 Å². The van der Waals surface area contributed by atoms with Gasteiger partial charge in [0.2, 0.25) is 11.8 Å². The molecule has 0 aromatic heterocycles. The average molecular weight is 743 g/mol. The van der Waals surface area contributed by atoms with Gasteiger partial charge in [-0.25, -0.2) is 0 Å². The van der Waals surface area contributed by atoms with Crippen LogP contribution in [-0.2, 0) is 27.4 Å². The van der Waals surface area contributed by atoms with E-state index in [-0.39, 0.29) is 41.7 Å². The van der Waals surface area contributed by atoms with Crippen molar-refractivity contribution in [3.8, 4) is 16.9 Å². The van der Waals surface area contributed by atoms with Gasteiger partial charge in [0.15, 0.2) is 0 Å². The molecule has 0 aliphatic carbocycles. The number of hydrogen-bond acceptors (Lipinski definition) is 6. The maximum atomic E-state index is 13.7. The van der Waals surface area contributed by atoms with Gasteiger partial charge in [-0.15, -0.1) is 0 Å². The predicted octanol–water partition coefficient (Wildman–Crippen LogP) is 9.29. The lowest BCUT2D eigenvalue weighted by Crippen LogP contribution is -2.44. The molecular formula is C47H58N4O4. The number of fused-ring (bicyclic) bond motifs is 6. The van der Waals surface area contributed by atoms with E-state index >= 15 is 0 Å². The molecule has 2 saturated heterocycles. The van der Waals surface area contributed by atoms with Gasteiger partial charge >= 0.3 is 0 Å². The molecule has 2 amide bonds. The Morgan fingerprint density at radius 2 is 1.53 bits per heavy atom. The van der Waals surface area contributed by atoms with Crippen LogP contribution in [0.3, 0.4) is 0 Å². The summed E-state index contributed by atoms with van der Waals surface area (Å²) in [5, 5.41) is 2.34. The van der Waals surface area contributed by atoms with E-state index in [1.165, 1.54) is 38.6 Å². The van der Waals surface area contributed by atoms with Gasteiger partial charge in [-0.1, -0.05) is 73.1 Å². The van der Waals surface area contributed by atoms with Gasteiger partial charge in [0.25, 0.3) is 0 Å². The van der Waals surface area contributed by atoms with Crippen molar-refractivity contribution < 1.29 is 19.1 Å². The summed E-state index contributed by atoms with van der Waals surface area (Å²) in [6.07, 6.45) is 6.49. The topological polar surface area (TPSA) is 83.8 Å². The molecule has 0 spiro atoms. The third kappa shape index (κ3) is 6.83. The Morgan fingerprint density at radius 3 is 2.22 bits per heavy atom. The van der Waals surface area contributed by atoms with Gasteiger partial charge in [-0.05, 0) is 93.5 Å². The second-order valence-electron chi connectivity index (χ2n) is 17.7. The number of methoxy groups -OCH3 is 1. The Hall–Kier alpha value is -4.30. The fraction of sp³-hybridized carbons (Fsp3) is 0.532. The third-order valence-electron chi connectivity index (χ3n) is 13.6. The summed E-state index contributed by atoms with van der Waals surface area (Å²) in [5.74, 6) is 2.78. The van der Waals surface area contributed by atoms with Crippen LogP contribution < -0.4 is 4.74 Å². The van der Waals surface area contributed by atoms with Crippen molar-refractivity contribution in [2.24, 2.45) is 45.5 Å². The summed E-state index contributed by atoms with van der Waals surface area (Å²) in [5.41, 5.74) is 10.3. The molecule has 0 saturated carbocycles. The number of amides is 2. The SMILES string of the molecule is CC[C@H]1C[C@@H](C2=NC=C(c3ccc4c(c3)COc3cc5c6c(ccc5cc3-4)N=C([C@@H]3C[C@H](COC)CN3C(=O)[C@@H](C)C(C)C)C6)C2)N(C(=O)[C@@H](C)C(C)C)C1. The van der Waals surface area contributed by atoms with Crippen LogP contribution in [0.25, 0.3) is 27.5 Å². The van der Waals surface area contributed by atoms with E-state index in [9.17, 15) is 9.59 Å². The standard InChI is InChI=1S/C47H58N4O4/c1-9-30-14-43(50(22-30)46(52)28(6)26(2)3)41-18-34(21-48-41)32-10-12-36-35(16-32)25-55-45-20-37-33(17-39(36)45)11-13-40-38(37)19-42(49-40)44-15-31(24-54-8)23-51(44)47(53)29(7)27(4)5/h10-13,16-17,20-21,26-31,43-44H,9,14-15,18-19,22-25H2,1-8H3/t28-,29-,30-,31-,43-,44-/m0/s1. The lowest BCUT2D eigenvalue weighted by Gasteiger charge is -2.29. The van der Waals surface area contributed by atoms with Crippen molar-refractivity contribution >= 4 is 45.3 Å². The molecule has 0 radical (unpaired) electrons. The van der Waals surface area contributed by atoms with E-state index in [1.54, 1.807) is 7.11 Å². The number of benzene rings is 3. The zero-order valence-corrected chi connectivity index (χ0v) is 34.0. The summed E-state index contributed by atoms with van der Waals surface area (Å²) >= 11 is 0. The summed E-state index contributed by atoms with van der Waals surface area (Å²) in [4.78, 5) is 41.6. The molecule has 290 valence electrons. The smallest absolute Gasteiger partial charge is 0.226 e. The average Bonchev–Trinajstić information content (AvgIpc) is 4.01. The van der Waals surface area contributed by atoms with Gasteiger partial charge in [0.1, 0.15) is 12.4 Å². The second-order valence-corrected chi connectivity index (χ2v) is 17.7. The first kappa shape index (κ1) is 37.6. The number of hydrogen-bond donors (Lipinski definition) is 0. The number of aliphatic imine (C=N–C) groups is 2. The van der Waals surface area contributed by atoms with Crippen LogP contribution in [0.15, 0.2) is 58.6 Å². The number of allylic oxidation sites excluding steroid dienone is 1. The lowest BCUT2D eigenvalue weighted by molar-refractivity contribution is -0.137. The molecule has 3 aromatic rings. The minimum absolute atomic E-state index is 0.00696. The van der Waals surface area contributed by atoms with E-state index < -0.39 is 0 Å². The number of rotatable bonds is 10. The molecule has 3 aromatic carbocycles. The monoisotopic (exact) mass is 742 g/mol. The first-order valence-corrected chi connectivity index (χ1v) is 20.7. The van der Waals surface area contributed by atoms with Crippen LogP contribution in [0.1, 0.15) is 90.8 Å². The maximum absolute atomic E-state index is 13.7. The fourth-order valence-electron chi connectivity index (χ4n) is 9.46. The molecule has 6 atom stereocenters. The Balaban J connectivity index is 1.00. The highest BCUT2D eigenvalue weighted by Crippen LogP contribution is 2.45. The Morgan fingerprint density at radius 1 is 0.836 bits per heavy atom. The van der Waals surface area contributed by atoms with Crippen LogP contribution >= 0.6 is 0 Å². The second kappa shape index (κ2) is 15.0. The van der Waals surface area contributed by atoms with Crippen molar-refractivity contribution in [3.05, 3.63) is 65.4 Å². The summed E-state index contributed by atoms with van der Waals surface area (Å²) < 4.78 is 12.1. The number of likely N-dealkylation sites (tertiary alicyclic amines) is 2. The van der Waals surface area contributed by atoms with E-state index in [1.807, 2.05) is 6.20 Å². The molecular weight excluding hydrogens is 685 g/mol. The first-order chi connectivity index (χ1) is 26.4. The normalized spacial score (nSPS) is 24.1. The van der Waals surface area contributed by atoms with Crippen LogP contribution in [0.5, 0.6) is 5.75 Å². The van der Waals surface area contributed by atoms with E-state index in [0.29, 0.717) is 31.0 Å². The fourth-order valence-corrected chi connectivity index (χ4v) is 9.46. The van der Waals surface area contributed by atoms with Crippen molar-refractivity contribution in [2.75, 3.05) is 26.8 Å². The summed E-state index contributed by atoms with van der Waals surface area (Å²) in [7, 11) is 1.74.